The Hall–Kier alpha value is -2.58. The maximum atomic E-state index is 11.7. The first-order chi connectivity index (χ1) is 13.8. The maximum absolute atomic E-state index is 11.7. The third kappa shape index (κ3) is 7.75. The second-order valence-electron chi connectivity index (χ2n) is 6.78. The van der Waals surface area contributed by atoms with E-state index in [-0.39, 0.29) is 11.9 Å². The van der Waals surface area contributed by atoms with Gasteiger partial charge in [0, 0.05) is 13.6 Å². The Morgan fingerprint density at radius 3 is 2.52 bits per heavy atom. The molecule has 0 bridgehead atoms. The number of nitrogens with zero attached hydrogens (tertiary/aromatic N) is 1. The molecule has 0 saturated carbocycles. The molecule has 0 aromatic heterocycles. The number of rotatable bonds is 9. The molecule has 0 spiro atoms. The summed E-state index contributed by atoms with van der Waals surface area (Å²) in [6.45, 7) is 5.14. The molecule has 0 fully saturated rings. The fourth-order valence-corrected chi connectivity index (χ4v) is 3.48. The number of hydrogen-bond acceptors (Lipinski definition) is 4. The van der Waals surface area contributed by atoms with Crippen molar-refractivity contribution in [3.05, 3.63) is 65.2 Å². The van der Waals surface area contributed by atoms with Crippen LogP contribution in [0.1, 0.15) is 23.6 Å². The highest BCUT2D eigenvalue weighted by molar-refractivity contribution is 7.88. The van der Waals surface area contributed by atoms with Gasteiger partial charge in [-0.2, -0.15) is 0 Å². The first-order valence-electron chi connectivity index (χ1n) is 9.49. The Balaban J connectivity index is 1.85. The highest BCUT2D eigenvalue weighted by Crippen LogP contribution is 2.17. The van der Waals surface area contributed by atoms with Crippen molar-refractivity contribution in [2.75, 3.05) is 20.6 Å². The molecule has 158 valence electrons. The SMILES string of the molecule is CN=C(NCc1cccc(CS(=O)(=O)NC)c1)NCC(C)Oc1ccccc1C. The minimum atomic E-state index is -3.29. The topological polar surface area (TPSA) is 91.8 Å². The van der Waals surface area contributed by atoms with Crippen LogP contribution in [-0.2, 0) is 22.3 Å². The molecule has 0 heterocycles. The Morgan fingerprint density at radius 2 is 1.83 bits per heavy atom. The smallest absolute Gasteiger partial charge is 0.215 e. The van der Waals surface area contributed by atoms with Crippen LogP contribution >= 0.6 is 0 Å². The van der Waals surface area contributed by atoms with Crippen LogP contribution in [0, 0.1) is 6.92 Å². The van der Waals surface area contributed by atoms with Crippen molar-refractivity contribution in [1.82, 2.24) is 15.4 Å². The first kappa shape index (κ1) is 22.7. The van der Waals surface area contributed by atoms with Crippen molar-refractivity contribution in [3.63, 3.8) is 0 Å². The molecule has 0 aliphatic carbocycles. The highest BCUT2D eigenvalue weighted by atomic mass is 32.2. The van der Waals surface area contributed by atoms with E-state index in [2.05, 4.69) is 20.3 Å². The van der Waals surface area contributed by atoms with E-state index in [0.29, 0.717) is 19.0 Å². The molecule has 8 heteroatoms. The van der Waals surface area contributed by atoms with Crippen LogP contribution in [0.5, 0.6) is 5.75 Å². The molecule has 0 radical (unpaired) electrons. The van der Waals surface area contributed by atoms with E-state index in [1.54, 1.807) is 13.1 Å². The van der Waals surface area contributed by atoms with Crippen molar-refractivity contribution < 1.29 is 13.2 Å². The predicted molar refractivity (Wildman–Crippen MR) is 118 cm³/mol. The Kier molecular flexibility index (Phi) is 8.48. The fourth-order valence-electron chi connectivity index (χ4n) is 2.71. The van der Waals surface area contributed by atoms with Gasteiger partial charge in [0.05, 0.1) is 12.3 Å². The van der Waals surface area contributed by atoms with Crippen molar-refractivity contribution in [1.29, 1.82) is 0 Å². The zero-order valence-electron chi connectivity index (χ0n) is 17.4. The van der Waals surface area contributed by atoms with E-state index in [4.69, 9.17) is 4.74 Å². The number of ether oxygens (including phenoxy) is 1. The van der Waals surface area contributed by atoms with E-state index in [9.17, 15) is 8.42 Å². The van der Waals surface area contributed by atoms with Gasteiger partial charge in [0.15, 0.2) is 5.96 Å². The van der Waals surface area contributed by atoms with Gasteiger partial charge in [-0.3, -0.25) is 4.99 Å². The lowest BCUT2D eigenvalue weighted by molar-refractivity contribution is 0.222. The van der Waals surface area contributed by atoms with Crippen LogP contribution in [0.15, 0.2) is 53.5 Å². The number of hydrogen-bond donors (Lipinski definition) is 3. The molecule has 29 heavy (non-hydrogen) atoms. The zero-order valence-corrected chi connectivity index (χ0v) is 18.2. The van der Waals surface area contributed by atoms with Crippen LogP contribution < -0.4 is 20.1 Å². The highest BCUT2D eigenvalue weighted by Gasteiger charge is 2.10. The number of nitrogens with one attached hydrogen (secondary N) is 3. The molecule has 0 aliphatic heterocycles. The van der Waals surface area contributed by atoms with Gasteiger partial charge in [0.25, 0.3) is 0 Å². The maximum Gasteiger partial charge on any atom is 0.215 e. The van der Waals surface area contributed by atoms with E-state index in [1.807, 2.05) is 56.3 Å². The molecule has 0 aliphatic rings. The summed E-state index contributed by atoms with van der Waals surface area (Å²) >= 11 is 0. The monoisotopic (exact) mass is 418 g/mol. The summed E-state index contributed by atoms with van der Waals surface area (Å²) in [6.07, 6.45) is -0.0373. The van der Waals surface area contributed by atoms with Crippen LogP contribution in [0.25, 0.3) is 0 Å². The lowest BCUT2D eigenvalue weighted by atomic mass is 10.1. The second kappa shape index (κ2) is 10.8. The van der Waals surface area contributed by atoms with Gasteiger partial charge in [0.1, 0.15) is 11.9 Å². The van der Waals surface area contributed by atoms with E-state index < -0.39 is 10.0 Å². The number of sulfonamides is 1. The molecule has 2 aromatic carbocycles. The summed E-state index contributed by atoms with van der Waals surface area (Å²) in [5.74, 6) is 1.48. The fraction of sp³-hybridized carbons (Fsp3) is 0.381. The molecule has 3 N–H and O–H groups in total. The van der Waals surface area contributed by atoms with Gasteiger partial charge >= 0.3 is 0 Å². The molecule has 7 nitrogen and oxygen atoms in total. The summed E-state index contributed by atoms with van der Waals surface area (Å²) in [5, 5.41) is 6.49. The van der Waals surface area contributed by atoms with E-state index >= 15 is 0 Å². The largest absolute Gasteiger partial charge is 0.489 e. The number of guanidine groups is 1. The van der Waals surface area contributed by atoms with Crippen molar-refractivity contribution >= 4 is 16.0 Å². The van der Waals surface area contributed by atoms with Crippen LogP contribution in [0.4, 0.5) is 0 Å². The minimum absolute atomic E-state index is 0.0373. The second-order valence-corrected chi connectivity index (χ2v) is 8.71. The standard InChI is InChI=1S/C21H30N4O3S/c1-16-8-5-6-11-20(16)28-17(2)13-24-21(22-3)25-14-18-9-7-10-19(12-18)15-29(26,27)23-4/h5-12,17,23H,13-15H2,1-4H3,(H2,22,24,25). The molecule has 1 unspecified atom stereocenters. The zero-order chi connectivity index (χ0) is 21.3. The molecule has 0 amide bonds. The van der Waals surface area contributed by atoms with Gasteiger partial charge in [-0.05, 0) is 43.7 Å². The van der Waals surface area contributed by atoms with Crippen molar-refractivity contribution in [2.24, 2.45) is 4.99 Å². The lowest BCUT2D eigenvalue weighted by Crippen LogP contribution is -2.41. The van der Waals surface area contributed by atoms with E-state index in [0.717, 1.165) is 22.4 Å². The Labute approximate surface area is 173 Å². The van der Waals surface area contributed by atoms with Crippen molar-refractivity contribution in [3.8, 4) is 5.75 Å². The third-order valence-electron chi connectivity index (χ3n) is 4.32. The number of benzene rings is 2. The first-order valence-corrected chi connectivity index (χ1v) is 11.1. The van der Waals surface area contributed by atoms with Crippen LogP contribution in [-0.4, -0.2) is 41.1 Å². The molecular weight excluding hydrogens is 388 g/mol. The van der Waals surface area contributed by atoms with Crippen molar-refractivity contribution in [2.45, 2.75) is 32.2 Å². The summed E-state index contributed by atoms with van der Waals surface area (Å²) in [7, 11) is -0.169. The van der Waals surface area contributed by atoms with Gasteiger partial charge in [-0.25, -0.2) is 13.1 Å². The molecule has 0 saturated heterocycles. The number of aliphatic imine (C=N–C) groups is 1. The average Bonchev–Trinajstić information content (AvgIpc) is 2.70. The number of para-hydroxylation sites is 1. The van der Waals surface area contributed by atoms with E-state index in [1.165, 1.54) is 7.05 Å². The van der Waals surface area contributed by atoms with Crippen LogP contribution in [0.3, 0.4) is 0 Å². The average molecular weight is 419 g/mol. The summed E-state index contributed by atoms with van der Waals surface area (Å²) in [4.78, 5) is 4.23. The Bertz CT molecular complexity index is 929. The normalized spacial score (nSPS) is 13.0. The van der Waals surface area contributed by atoms with Gasteiger partial charge < -0.3 is 15.4 Å². The molecule has 2 rings (SSSR count). The molecule has 2 aromatic rings. The summed E-state index contributed by atoms with van der Waals surface area (Å²) < 4.78 is 31.8. The van der Waals surface area contributed by atoms with Gasteiger partial charge in [0.2, 0.25) is 10.0 Å². The summed E-state index contributed by atoms with van der Waals surface area (Å²) in [5.41, 5.74) is 2.81. The summed E-state index contributed by atoms with van der Waals surface area (Å²) in [6, 6.07) is 15.4. The lowest BCUT2D eigenvalue weighted by Gasteiger charge is -2.19. The predicted octanol–water partition coefficient (Wildman–Crippen LogP) is 2.18. The third-order valence-corrected chi connectivity index (χ3v) is 5.66. The van der Waals surface area contributed by atoms with Gasteiger partial charge in [-0.15, -0.1) is 0 Å². The minimum Gasteiger partial charge on any atom is -0.489 e. The van der Waals surface area contributed by atoms with Gasteiger partial charge in [-0.1, -0.05) is 42.5 Å². The number of aryl methyl sites for hydroxylation is 1. The Morgan fingerprint density at radius 1 is 1.10 bits per heavy atom. The quantitative estimate of drug-likeness (QED) is 0.429. The molecule has 1 atom stereocenters. The van der Waals surface area contributed by atoms with Crippen LogP contribution in [0.2, 0.25) is 0 Å². The molecular formula is C21H30N4O3S.